The number of pyridine rings is 1. The quantitative estimate of drug-likeness (QED) is 0.693. The standard InChI is InChI=1S/C10H9N.CH2O3/c1-8-6-7-9-4-2-3-5-10(9)11-8;2-1(3)4/h2-7H,1H3;(H2,2,3,4). The van der Waals surface area contributed by atoms with E-state index in [1.165, 1.54) is 5.39 Å². The van der Waals surface area contributed by atoms with Crippen LogP contribution < -0.4 is 0 Å². The molecule has 4 nitrogen and oxygen atoms in total. The van der Waals surface area contributed by atoms with Crippen LogP contribution in [0, 0.1) is 6.92 Å². The average molecular weight is 205 g/mol. The molecule has 0 aliphatic rings. The van der Waals surface area contributed by atoms with Crippen molar-refractivity contribution in [2.75, 3.05) is 0 Å². The van der Waals surface area contributed by atoms with Gasteiger partial charge in [0.25, 0.3) is 0 Å². The van der Waals surface area contributed by atoms with E-state index in [0.717, 1.165) is 11.2 Å². The molecule has 0 bridgehead atoms. The summed E-state index contributed by atoms with van der Waals surface area (Å²) in [5.74, 6) is 0. The first-order valence-electron chi connectivity index (χ1n) is 4.34. The molecular weight excluding hydrogens is 194 g/mol. The van der Waals surface area contributed by atoms with E-state index in [4.69, 9.17) is 15.0 Å². The van der Waals surface area contributed by atoms with Crippen molar-refractivity contribution >= 4 is 17.1 Å². The van der Waals surface area contributed by atoms with Crippen molar-refractivity contribution in [1.29, 1.82) is 0 Å². The van der Waals surface area contributed by atoms with Crippen LogP contribution in [0.3, 0.4) is 0 Å². The molecular formula is C11H11NO3. The van der Waals surface area contributed by atoms with Gasteiger partial charge in [-0.05, 0) is 19.1 Å². The molecule has 4 heteroatoms. The number of aryl methyl sites for hydroxylation is 1. The van der Waals surface area contributed by atoms with Crippen molar-refractivity contribution < 1.29 is 15.0 Å². The van der Waals surface area contributed by atoms with Gasteiger partial charge in [0.05, 0.1) is 5.52 Å². The van der Waals surface area contributed by atoms with E-state index < -0.39 is 6.16 Å². The highest BCUT2D eigenvalue weighted by molar-refractivity contribution is 5.78. The summed E-state index contributed by atoms with van der Waals surface area (Å²) in [7, 11) is 0. The maximum absolute atomic E-state index is 8.56. The van der Waals surface area contributed by atoms with Crippen molar-refractivity contribution in [3.8, 4) is 0 Å². The number of carboxylic acid groups (broad SMARTS) is 2. The molecule has 15 heavy (non-hydrogen) atoms. The Labute approximate surface area is 86.8 Å². The monoisotopic (exact) mass is 205 g/mol. The van der Waals surface area contributed by atoms with Gasteiger partial charge in [0.15, 0.2) is 0 Å². The number of hydrogen-bond donors (Lipinski definition) is 2. The molecule has 0 unspecified atom stereocenters. The second-order valence-corrected chi connectivity index (χ2v) is 2.93. The third-order valence-corrected chi connectivity index (χ3v) is 1.74. The van der Waals surface area contributed by atoms with Gasteiger partial charge in [-0.2, -0.15) is 0 Å². The number of rotatable bonds is 0. The van der Waals surface area contributed by atoms with E-state index in [1.807, 2.05) is 31.2 Å². The molecule has 78 valence electrons. The van der Waals surface area contributed by atoms with Gasteiger partial charge in [0.1, 0.15) is 0 Å². The van der Waals surface area contributed by atoms with Gasteiger partial charge in [-0.1, -0.05) is 24.3 Å². The number of carbonyl (C=O) groups is 1. The molecule has 0 amide bonds. The molecule has 2 N–H and O–H groups in total. The fourth-order valence-corrected chi connectivity index (χ4v) is 1.17. The van der Waals surface area contributed by atoms with E-state index in [-0.39, 0.29) is 0 Å². The fraction of sp³-hybridized carbons (Fsp3) is 0.0909. The summed E-state index contributed by atoms with van der Waals surface area (Å²) in [5.41, 5.74) is 2.15. The van der Waals surface area contributed by atoms with Gasteiger partial charge >= 0.3 is 6.16 Å². The molecule has 0 radical (unpaired) electrons. The Bertz CT molecular complexity index is 464. The molecule has 1 heterocycles. The zero-order chi connectivity index (χ0) is 11.3. The minimum absolute atomic E-state index is 1.07. The minimum atomic E-state index is -1.83. The highest BCUT2D eigenvalue weighted by Gasteiger charge is 1.90. The second-order valence-electron chi connectivity index (χ2n) is 2.93. The van der Waals surface area contributed by atoms with Gasteiger partial charge in [-0.3, -0.25) is 4.98 Å². The van der Waals surface area contributed by atoms with Crippen LogP contribution in [-0.2, 0) is 0 Å². The zero-order valence-electron chi connectivity index (χ0n) is 8.21. The van der Waals surface area contributed by atoms with E-state index in [0.29, 0.717) is 0 Å². The number of nitrogens with zero attached hydrogens (tertiary/aromatic N) is 1. The molecule has 2 aromatic rings. The summed E-state index contributed by atoms with van der Waals surface area (Å²) in [6, 6.07) is 12.3. The lowest BCUT2D eigenvalue weighted by molar-refractivity contribution is 0.137. The lowest BCUT2D eigenvalue weighted by Gasteiger charge is -1.95. The van der Waals surface area contributed by atoms with Crippen LogP contribution in [0.1, 0.15) is 5.69 Å². The molecule has 0 atom stereocenters. The predicted octanol–water partition coefficient (Wildman–Crippen LogP) is 2.77. The molecule has 1 aromatic heterocycles. The zero-order valence-corrected chi connectivity index (χ0v) is 8.21. The summed E-state index contributed by atoms with van der Waals surface area (Å²) in [4.78, 5) is 12.9. The normalized spacial score (nSPS) is 9.13. The molecule has 0 aliphatic carbocycles. The summed E-state index contributed by atoms with van der Waals surface area (Å²) >= 11 is 0. The topological polar surface area (TPSA) is 70.4 Å². The molecule has 0 saturated carbocycles. The Morgan fingerprint density at radius 1 is 1.13 bits per heavy atom. The van der Waals surface area contributed by atoms with Crippen molar-refractivity contribution in [3.05, 3.63) is 42.1 Å². The van der Waals surface area contributed by atoms with Crippen LogP contribution in [0.2, 0.25) is 0 Å². The molecule has 2 rings (SSSR count). The van der Waals surface area contributed by atoms with E-state index in [2.05, 4.69) is 17.1 Å². The number of fused-ring (bicyclic) bond motifs is 1. The Kier molecular flexibility index (Phi) is 3.62. The Hall–Kier alpha value is -2.10. The molecule has 0 spiro atoms. The van der Waals surface area contributed by atoms with Crippen molar-refractivity contribution in [3.63, 3.8) is 0 Å². The lowest BCUT2D eigenvalue weighted by Crippen LogP contribution is -1.81. The first-order chi connectivity index (χ1) is 7.09. The largest absolute Gasteiger partial charge is 0.503 e. The van der Waals surface area contributed by atoms with E-state index >= 15 is 0 Å². The van der Waals surface area contributed by atoms with E-state index in [9.17, 15) is 0 Å². The van der Waals surface area contributed by atoms with Crippen molar-refractivity contribution in [2.45, 2.75) is 6.92 Å². The smallest absolute Gasteiger partial charge is 0.450 e. The Balaban J connectivity index is 0.000000245. The Morgan fingerprint density at radius 3 is 2.40 bits per heavy atom. The first-order valence-corrected chi connectivity index (χ1v) is 4.34. The third-order valence-electron chi connectivity index (χ3n) is 1.74. The first kappa shape index (κ1) is 11.0. The number of aromatic nitrogens is 1. The van der Waals surface area contributed by atoms with Gasteiger partial charge in [-0.25, -0.2) is 4.79 Å². The third kappa shape index (κ3) is 3.64. The van der Waals surface area contributed by atoms with Crippen LogP contribution in [0.15, 0.2) is 36.4 Å². The van der Waals surface area contributed by atoms with Crippen molar-refractivity contribution in [2.24, 2.45) is 0 Å². The SMILES string of the molecule is Cc1ccc2ccccc2n1.O=C(O)O. The van der Waals surface area contributed by atoms with Gasteiger partial charge in [0.2, 0.25) is 0 Å². The number of para-hydroxylation sites is 1. The highest BCUT2D eigenvalue weighted by Crippen LogP contribution is 2.10. The van der Waals surface area contributed by atoms with Gasteiger partial charge in [-0.15, -0.1) is 0 Å². The fourth-order valence-electron chi connectivity index (χ4n) is 1.17. The molecule has 0 saturated heterocycles. The summed E-state index contributed by atoms with van der Waals surface area (Å²) in [6.45, 7) is 2.01. The van der Waals surface area contributed by atoms with Gasteiger partial charge < -0.3 is 10.2 Å². The molecule has 0 aliphatic heterocycles. The average Bonchev–Trinajstić information content (AvgIpc) is 2.16. The van der Waals surface area contributed by atoms with Crippen LogP contribution in [-0.4, -0.2) is 21.4 Å². The maximum atomic E-state index is 8.56. The second kappa shape index (κ2) is 4.95. The predicted molar refractivity (Wildman–Crippen MR) is 57.1 cm³/mol. The Morgan fingerprint density at radius 2 is 1.73 bits per heavy atom. The lowest BCUT2D eigenvalue weighted by atomic mass is 10.2. The number of hydrogen-bond acceptors (Lipinski definition) is 2. The van der Waals surface area contributed by atoms with Crippen LogP contribution >= 0.6 is 0 Å². The van der Waals surface area contributed by atoms with Crippen LogP contribution in [0.5, 0.6) is 0 Å². The summed E-state index contributed by atoms with van der Waals surface area (Å²) in [6.07, 6.45) is -1.83. The summed E-state index contributed by atoms with van der Waals surface area (Å²) in [5, 5.41) is 15.2. The molecule has 1 aromatic carbocycles. The highest BCUT2D eigenvalue weighted by atomic mass is 16.6. The van der Waals surface area contributed by atoms with Gasteiger partial charge in [0, 0.05) is 11.1 Å². The minimum Gasteiger partial charge on any atom is -0.450 e. The van der Waals surface area contributed by atoms with Crippen LogP contribution in [0.4, 0.5) is 4.79 Å². The maximum Gasteiger partial charge on any atom is 0.503 e. The van der Waals surface area contributed by atoms with Crippen molar-refractivity contribution in [1.82, 2.24) is 4.98 Å². The number of benzene rings is 1. The summed E-state index contributed by atoms with van der Waals surface area (Å²) < 4.78 is 0. The van der Waals surface area contributed by atoms with E-state index in [1.54, 1.807) is 0 Å². The van der Waals surface area contributed by atoms with Crippen LogP contribution in [0.25, 0.3) is 10.9 Å². The molecule has 0 fully saturated rings.